The van der Waals surface area contributed by atoms with Crippen LogP contribution in [0.15, 0.2) is 24.3 Å². The van der Waals surface area contributed by atoms with Crippen LogP contribution in [0.2, 0.25) is 0 Å². The van der Waals surface area contributed by atoms with Gasteiger partial charge in [0.15, 0.2) is 0 Å². The second kappa shape index (κ2) is 4.53. The first-order valence-electron chi connectivity index (χ1n) is 5.44. The largest absolute Gasteiger partial charge is 0.279 e. The third kappa shape index (κ3) is 2.81. The van der Waals surface area contributed by atoms with Gasteiger partial charge in [0, 0.05) is 19.6 Å². The Morgan fingerprint density at radius 2 is 1.75 bits per heavy atom. The average molecular weight is 240 g/mol. The summed E-state index contributed by atoms with van der Waals surface area (Å²) in [5.74, 6) is 0. The molecule has 1 heterocycles. The summed E-state index contributed by atoms with van der Waals surface area (Å²) in [5.41, 5.74) is 2.25. The zero-order valence-corrected chi connectivity index (χ0v) is 10.1. The number of nitrogens with one attached hydrogen (secondary N) is 1. The van der Waals surface area contributed by atoms with Crippen LogP contribution in [-0.4, -0.2) is 25.8 Å². The Hall–Kier alpha value is -0.910. The maximum Gasteiger partial charge on any atom is 0.279 e. The molecule has 1 N–H and O–H groups in total. The number of nitrogens with zero attached hydrogens (tertiary/aromatic N) is 1. The Bertz CT molecular complexity index is 449. The molecule has 4 nitrogen and oxygen atoms in total. The molecule has 0 amide bonds. The Labute approximate surface area is 96.5 Å². The molecule has 0 bridgehead atoms. The summed E-state index contributed by atoms with van der Waals surface area (Å²) in [7, 11) is -3.22. The van der Waals surface area contributed by atoms with Crippen molar-refractivity contribution in [2.75, 3.05) is 13.1 Å². The van der Waals surface area contributed by atoms with Gasteiger partial charge in [0.05, 0.1) is 0 Å². The summed E-state index contributed by atoms with van der Waals surface area (Å²) in [6.07, 6.45) is 1.000. The fraction of sp³-hybridized carbons (Fsp3) is 0.455. The Kier molecular flexibility index (Phi) is 3.28. The van der Waals surface area contributed by atoms with Crippen molar-refractivity contribution in [2.45, 2.75) is 19.9 Å². The molecular weight excluding hydrogens is 224 g/mol. The first-order valence-corrected chi connectivity index (χ1v) is 6.88. The van der Waals surface area contributed by atoms with Crippen LogP contribution in [0.3, 0.4) is 0 Å². The minimum atomic E-state index is -3.22. The van der Waals surface area contributed by atoms with E-state index in [9.17, 15) is 8.42 Å². The molecule has 1 fully saturated rings. The summed E-state index contributed by atoms with van der Waals surface area (Å²) in [6, 6.07) is 7.98. The predicted molar refractivity (Wildman–Crippen MR) is 63.2 cm³/mol. The molecule has 0 unspecified atom stereocenters. The number of hydrogen-bond donors (Lipinski definition) is 1. The van der Waals surface area contributed by atoms with E-state index in [1.54, 1.807) is 0 Å². The van der Waals surface area contributed by atoms with Gasteiger partial charge in [-0.1, -0.05) is 31.2 Å². The van der Waals surface area contributed by atoms with E-state index in [2.05, 4.69) is 11.6 Å². The van der Waals surface area contributed by atoms with E-state index in [0.717, 1.165) is 12.0 Å². The highest BCUT2D eigenvalue weighted by molar-refractivity contribution is 7.87. The highest BCUT2D eigenvalue weighted by atomic mass is 32.2. The molecule has 0 radical (unpaired) electrons. The standard InChI is InChI=1S/C11H16N2O2S/c1-2-10-3-5-11(6-4-10)9-12-16(14,15)13-7-8-13/h3-6,12H,2,7-9H2,1H3. The molecule has 88 valence electrons. The van der Waals surface area contributed by atoms with Gasteiger partial charge in [-0.05, 0) is 17.5 Å². The molecule has 1 saturated heterocycles. The van der Waals surface area contributed by atoms with Crippen molar-refractivity contribution < 1.29 is 8.42 Å². The van der Waals surface area contributed by atoms with Crippen LogP contribution < -0.4 is 4.72 Å². The van der Waals surface area contributed by atoms with Crippen LogP contribution >= 0.6 is 0 Å². The third-order valence-electron chi connectivity index (χ3n) is 2.64. The summed E-state index contributed by atoms with van der Waals surface area (Å²) >= 11 is 0. The molecule has 1 aromatic carbocycles. The second-order valence-corrected chi connectivity index (χ2v) is 5.65. The fourth-order valence-electron chi connectivity index (χ4n) is 1.44. The van der Waals surface area contributed by atoms with E-state index in [4.69, 9.17) is 0 Å². The van der Waals surface area contributed by atoms with Crippen molar-refractivity contribution in [1.82, 2.24) is 9.03 Å². The van der Waals surface area contributed by atoms with Gasteiger partial charge in [-0.25, -0.2) is 0 Å². The first kappa shape index (κ1) is 11.6. The van der Waals surface area contributed by atoms with E-state index in [1.807, 2.05) is 24.3 Å². The summed E-state index contributed by atoms with van der Waals surface area (Å²) in [6.45, 7) is 3.75. The van der Waals surface area contributed by atoms with E-state index >= 15 is 0 Å². The third-order valence-corrected chi connectivity index (χ3v) is 4.19. The van der Waals surface area contributed by atoms with Crippen molar-refractivity contribution >= 4 is 10.2 Å². The van der Waals surface area contributed by atoms with Crippen molar-refractivity contribution in [3.63, 3.8) is 0 Å². The van der Waals surface area contributed by atoms with Crippen LogP contribution in [0, 0.1) is 0 Å². The Morgan fingerprint density at radius 1 is 1.19 bits per heavy atom. The lowest BCUT2D eigenvalue weighted by Crippen LogP contribution is -2.29. The molecule has 0 atom stereocenters. The van der Waals surface area contributed by atoms with Crippen LogP contribution in [0.4, 0.5) is 0 Å². The van der Waals surface area contributed by atoms with E-state index in [1.165, 1.54) is 9.87 Å². The lowest BCUT2D eigenvalue weighted by atomic mass is 10.1. The molecule has 5 heteroatoms. The molecule has 0 aromatic heterocycles. The van der Waals surface area contributed by atoms with Gasteiger partial charge in [0.1, 0.15) is 0 Å². The normalized spacial score (nSPS) is 16.3. The molecule has 0 saturated carbocycles. The minimum absolute atomic E-state index is 0.364. The number of rotatable bonds is 5. The Balaban J connectivity index is 1.94. The molecule has 1 aliphatic heterocycles. The lowest BCUT2D eigenvalue weighted by molar-refractivity contribution is 0.546. The average Bonchev–Trinajstić information content (AvgIpc) is 3.11. The van der Waals surface area contributed by atoms with Gasteiger partial charge >= 0.3 is 0 Å². The van der Waals surface area contributed by atoms with Gasteiger partial charge in [-0.2, -0.15) is 17.4 Å². The topological polar surface area (TPSA) is 49.2 Å². The van der Waals surface area contributed by atoms with Crippen LogP contribution in [-0.2, 0) is 23.2 Å². The molecule has 2 rings (SSSR count). The summed E-state index contributed by atoms with van der Waals surface area (Å²) < 4.78 is 27.0. The van der Waals surface area contributed by atoms with E-state index < -0.39 is 10.2 Å². The molecule has 1 aromatic rings. The smallest absolute Gasteiger partial charge is 0.198 e. The Morgan fingerprint density at radius 3 is 2.25 bits per heavy atom. The maximum absolute atomic E-state index is 11.5. The van der Waals surface area contributed by atoms with Gasteiger partial charge in [-0.15, -0.1) is 0 Å². The zero-order chi connectivity index (χ0) is 11.6. The number of aryl methyl sites for hydroxylation is 1. The molecule has 0 spiro atoms. The quantitative estimate of drug-likeness (QED) is 0.777. The fourth-order valence-corrected chi connectivity index (χ4v) is 2.53. The second-order valence-electron chi connectivity index (χ2n) is 3.90. The van der Waals surface area contributed by atoms with Crippen LogP contribution in [0.25, 0.3) is 0 Å². The van der Waals surface area contributed by atoms with E-state index in [-0.39, 0.29) is 0 Å². The minimum Gasteiger partial charge on any atom is -0.198 e. The summed E-state index contributed by atoms with van der Waals surface area (Å²) in [4.78, 5) is 0. The van der Waals surface area contributed by atoms with Crippen molar-refractivity contribution in [2.24, 2.45) is 0 Å². The summed E-state index contributed by atoms with van der Waals surface area (Å²) in [5, 5.41) is 0. The molecule has 16 heavy (non-hydrogen) atoms. The molecular formula is C11H16N2O2S. The first-order chi connectivity index (χ1) is 7.62. The SMILES string of the molecule is CCc1ccc(CNS(=O)(=O)N2CC2)cc1. The van der Waals surface area contributed by atoms with Crippen LogP contribution in [0.1, 0.15) is 18.1 Å². The number of benzene rings is 1. The van der Waals surface area contributed by atoms with Crippen LogP contribution in [0.5, 0.6) is 0 Å². The molecule has 1 aliphatic rings. The van der Waals surface area contributed by atoms with Crippen molar-refractivity contribution in [1.29, 1.82) is 0 Å². The lowest BCUT2D eigenvalue weighted by Gasteiger charge is -2.06. The number of hydrogen-bond acceptors (Lipinski definition) is 2. The predicted octanol–water partition coefficient (Wildman–Crippen LogP) is 0.899. The molecule has 0 aliphatic carbocycles. The highest BCUT2D eigenvalue weighted by Crippen LogP contribution is 2.11. The van der Waals surface area contributed by atoms with Gasteiger partial charge in [0.2, 0.25) is 0 Å². The zero-order valence-electron chi connectivity index (χ0n) is 9.31. The van der Waals surface area contributed by atoms with Crippen molar-refractivity contribution in [3.8, 4) is 0 Å². The van der Waals surface area contributed by atoms with Crippen molar-refractivity contribution in [3.05, 3.63) is 35.4 Å². The van der Waals surface area contributed by atoms with Gasteiger partial charge in [0.25, 0.3) is 10.2 Å². The van der Waals surface area contributed by atoms with E-state index in [0.29, 0.717) is 19.6 Å². The monoisotopic (exact) mass is 240 g/mol. The van der Waals surface area contributed by atoms with Gasteiger partial charge in [-0.3, -0.25) is 0 Å². The maximum atomic E-state index is 11.5. The van der Waals surface area contributed by atoms with Gasteiger partial charge < -0.3 is 0 Å². The highest BCUT2D eigenvalue weighted by Gasteiger charge is 2.31.